The van der Waals surface area contributed by atoms with E-state index in [1.54, 1.807) is 0 Å². The zero-order valence-electron chi connectivity index (χ0n) is 8.96. The number of aromatic amines is 1. The molecule has 0 spiro atoms. The molecule has 0 amide bonds. The molecule has 15 heavy (non-hydrogen) atoms. The second-order valence-corrected chi connectivity index (χ2v) is 4.09. The molecular formula is C13H16N2. The van der Waals surface area contributed by atoms with Gasteiger partial charge in [-0.2, -0.15) is 0 Å². The highest BCUT2D eigenvalue weighted by atomic mass is 14.7. The van der Waals surface area contributed by atoms with Crippen LogP contribution in [-0.4, -0.2) is 4.98 Å². The Bertz CT molecular complexity index is 482. The lowest BCUT2D eigenvalue weighted by Crippen LogP contribution is -2.10. The van der Waals surface area contributed by atoms with Crippen LogP contribution in [0.1, 0.15) is 24.9 Å². The van der Waals surface area contributed by atoms with Crippen LogP contribution in [0.3, 0.4) is 0 Å². The molecule has 2 nitrogen and oxygen atoms in total. The van der Waals surface area contributed by atoms with Crippen LogP contribution in [0.2, 0.25) is 0 Å². The number of hydrogen-bond donors (Lipinski definition) is 2. The minimum atomic E-state index is 0.0572. The molecule has 0 fully saturated rings. The van der Waals surface area contributed by atoms with Gasteiger partial charge in [0, 0.05) is 17.8 Å². The van der Waals surface area contributed by atoms with Crippen LogP contribution < -0.4 is 5.73 Å². The highest BCUT2D eigenvalue weighted by Crippen LogP contribution is 2.21. The number of rotatable bonds is 3. The third-order valence-electron chi connectivity index (χ3n) is 2.57. The number of aromatic nitrogens is 1. The van der Waals surface area contributed by atoms with E-state index in [1.165, 1.54) is 10.9 Å². The van der Waals surface area contributed by atoms with Crippen LogP contribution in [0, 0.1) is 0 Å². The summed E-state index contributed by atoms with van der Waals surface area (Å²) < 4.78 is 0. The molecule has 2 heteroatoms. The van der Waals surface area contributed by atoms with Crippen molar-refractivity contribution in [3.05, 3.63) is 48.2 Å². The summed E-state index contributed by atoms with van der Waals surface area (Å²) >= 11 is 0. The Morgan fingerprint density at radius 2 is 2.27 bits per heavy atom. The molecule has 2 rings (SSSR count). The van der Waals surface area contributed by atoms with E-state index in [0.29, 0.717) is 0 Å². The minimum Gasteiger partial charge on any atom is -0.361 e. The SMILES string of the molecule is C=C(C)C[C@H](N)c1ccc2[nH]ccc2c1. The Hall–Kier alpha value is -1.54. The van der Waals surface area contributed by atoms with Gasteiger partial charge in [-0.1, -0.05) is 11.6 Å². The smallest absolute Gasteiger partial charge is 0.0454 e. The summed E-state index contributed by atoms with van der Waals surface area (Å²) in [7, 11) is 0. The van der Waals surface area contributed by atoms with E-state index in [4.69, 9.17) is 5.73 Å². The summed E-state index contributed by atoms with van der Waals surface area (Å²) in [5.41, 5.74) is 9.53. The van der Waals surface area contributed by atoms with Crippen LogP contribution >= 0.6 is 0 Å². The van der Waals surface area contributed by atoms with Crippen LogP contribution in [0.25, 0.3) is 10.9 Å². The maximum absolute atomic E-state index is 6.08. The van der Waals surface area contributed by atoms with Crippen molar-refractivity contribution in [3.8, 4) is 0 Å². The van der Waals surface area contributed by atoms with Crippen molar-refractivity contribution in [3.63, 3.8) is 0 Å². The molecule has 0 saturated heterocycles. The molecule has 1 aromatic carbocycles. The molecule has 0 aliphatic heterocycles. The Kier molecular flexibility index (Phi) is 2.60. The summed E-state index contributed by atoms with van der Waals surface area (Å²) in [6, 6.07) is 8.41. The third-order valence-corrected chi connectivity index (χ3v) is 2.57. The fraction of sp³-hybridized carbons (Fsp3) is 0.231. The quantitative estimate of drug-likeness (QED) is 0.734. The summed E-state index contributed by atoms with van der Waals surface area (Å²) in [6.45, 7) is 5.90. The van der Waals surface area contributed by atoms with E-state index in [0.717, 1.165) is 17.5 Å². The molecule has 0 unspecified atom stereocenters. The lowest BCUT2D eigenvalue weighted by Gasteiger charge is -2.11. The summed E-state index contributed by atoms with van der Waals surface area (Å²) in [5, 5.41) is 1.21. The molecule has 0 aliphatic rings. The number of hydrogen-bond acceptors (Lipinski definition) is 1. The second kappa shape index (κ2) is 3.91. The van der Waals surface area contributed by atoms with E-state index in [1.807, 2.05) is 13.1 Å². The zero-order chi connectivity index (χ0) is 10.8. The van der Waals surface area contributed by atoms with E-state index >= 15 is 0 Å². The van der Waals surface area contributed by atoms with E-state index in [2.05, 4.69) is 35.8 Å². The predicted molar refractivity (Wildman–Crippen MR) is 64.7 cm³/mol. The summed E-state index contributed by atoms with van der Waals surface area (Å²) in [4.78, 5) is 3.17. The molecule has 3 N–H and O–H groups in total. The van der Waals surface area contributed by atoms with Gasteiger partial charge in [0.25, 0.3) is 0 Å². The molecule has 1 heterocycles. The summed E-state index contributed by atoms with van der Waals surface area (Å²) in [6.07, 6.45) is 2.79. The van der Waals surface area contributed by atoms with Gasteiger partial charge in [0.05, 0.1) is 0 Å². The van der Waals surface area contributed by atoms with Crippen LogP contribution in [0.15, 0.2) is 42.6 Å². The predicted octanol–water partition coefficient (Wildman–Crippen LogP) is 3.13. The zero-order valence-corrected chi connectivity index (χ0v) is 8.96. The minimum absolute atomic E-state index is 0.0572. The van der Waals surface area contributed by atoms with Crippen molar-refractivity contribution in [2.75, 3.05) is 0 Å². The number of benzene rings is 1. The monoisotopic (exact) mass is 200 g/mol. The van der Waals surface area contributed by atoms with Gasteiger partial charge in [0.2, 0.25) is 0 Å². The average Bonchev–Trinajstić information content (AvgIpc) is 2.62. The Balaban J connectivity index is 2.30. The molecule has 0 saturated carbocycles. The molecule has 1 atom stereocenters. The first-order chi connectivity index (χ1) is 7.16. The molecular weight excluding hydrogens is 184 g/mol. The van der Waals surface area contributed by atoms with Gasteiger partial charge in [-0.15, -0.1) is 6.58 Å². The number of nitrogens with two attached hydrogens (primary N) is 1. The van der Waals surface area contributed by atoms with Gasteiger partial charge in [-0.05, 0) is 42.5 Å². The van der Waals surface area contributed by atoms with Crippen molar-refractivity contribution >= 4 is 10.9 Å². The Labute approximate surface area is 89.8 Å². The largest absolute Gasteiger partial charge is 0.361 e. The van der Waals surface area contributed by atoms with Gasteiger partial charge >= 0.3 is 0 Å². The summed E-state index contributed by atoms with van der Waals surface area (Å²) in [5.74, 6) is 0. The lowest BCUT2D eigenvalue weighted by atomic mass is 10.0. The van der Waals surface area contributed by atoms with Crippen molar-refractivity contribution in [1.29, 1.82) is 0 Å². The van der Waals surface area contributed by atoms with Crippen LogP contribution in [0.4, 0.5) is 0 Å². The maximum Gasteiger partial charge on any atom is 0.0454 e. The molecule has 0 aliphatic carbocycles. The van der Waals surface area contributed by atoms with Crippen LogP contribution in [0.5, 0.6) is 0 Å². The van der Waals surface area contributed by atoms with E-state index in [-0.39, 0.29) is 6.04 Å². The Morgan fingerprint density at radius 3 is 3.00 bits per heavy atom. The van der Waals surface area contributed by atoms with Gasteiger partial charge < -0.3 is 10.7 Å². The number of nitrogens with one attached hydrogen (secondary N) is 1. The molecule has 1 aromatic heterocycles. The first-order valence-electron chi connectivity index (χ1n) is 5.14. The average molecular weight is 200 g/mol. The van der Waals surface area contributed by atoms with Crippen molar-refractivity contribution in [1.82, 2.24) is 4.98 Å². The third kappa shape index (κ3) is 2.10. The standard InChI is InChI=1S/C13H16N2/c1-9(2)7-12(14)10-3-4-13-11(8-10)5-6-15-13/h3-6,8,12,15H,1,7,14H2,2H3/t12-/m0/s1. The molecule has 78 valence electrons. The van der Waals surface area contributed by atoms with E-state index in [9.17, 15) is 0 Å². The lowest BCUT2D eigenvalue weighted by molar-refractivity contribution is 0.718. The fourth-order valence-electron chi connectivity index (χ4n) is 1.80. The Morgan fingerprint density at radius 1 is 1.47 bits per heavy atom. The fourth-order valence-corrected chi connectivity index (χ4v) is 1.80. The highest BCUT2D eigenvalue weighted by molar-refractivity contribution is 5.80. The van der Waals surface area contributed by atoms with Crippen molar-refractivity contribution < 1.29 is 0 Å². The maximum atomic E-state index is 6.08. The number of H-pyrrole nitrogens is 1. The topological polar surface area (TPSA) is 41.8 Å². The number of fused-ring (bicyclic) bond motifs is 1. The normalized spacial score (nSPS) is 12.9. The van der Waals surface area contributed by atoms with Gasteiger partial charge in [-0.3, -0.25) is 0 Å². The van der Waals surface area contributed by atoms with E-state index < -0.39 is 0 Å². The van der Waals surface area contributed by atoms with Crippen LogP contribution in [-0.2, 0) is 0 Å². The van der Waals surface area contributed by atoms with Gasteiger partial charge in [0.1, 0.15) is 0 Å². The molecule has 2 aromatic rings. The highest BCUT2D eigenvalue weighted by Gasteiger charge is 2.06. The molecule has 0 radical (unpaired) electrons. The second-order valence-electron chi connectivity index (χ2n) is 4.09. The first kappa shape index (κ1) is 9.99. The van der Waals surface area contributed by atoms with Crippen molar-refractivity contribution in [2.24, 2.45) is 5.73 Å². The first-order valence-corrected chi connectivity index (χ1v) is 5.14. The van der Waals surface area contributed by atoms with Gasteiger partial charge in [0.15, 0.2) is 0 Å². The van der Waals surface area contributed by atoms with Gasteiger partial charge in [-0.25, -0.2) is 0 Å². The molecule has 0 bridgehead atoms. The van der Waals surface area contributed by atoms with Crippen molar-refractivity contribution in [2.45, 2.75) is 19.4 Å².